The molecule has 0 aliphatic heterocycles. The minimum Gasteiger partial charge on any atom is -0.460 e. The molecule has 3 rings (SSSR count). The lowest BCUT2D eigenvalue weighted by molar-refractivity contribution is 0.581. The molecule has 15 heavy (non-hydrogen) atoms. The maximum atomic E-state index is 5.62. The Bertz CT molecular complexity index is 638. The minimum atomic E-state index is 0.464. The average Bonchev–Trinajstić information content (AvgIpc) is 2.81. The van der Waals surface area contributed by atoms with E-state index in [9.17, 15) is 0 Å². The van der Waals surface area contributed by atoms with Crippen LogP contribution in [0.25, 0.3) is 21.9 Å². The number of halogens is 1. The summed E-state index contributed by atoms with van der Waals surface area (Å²) >= 11 is 3.50. The zero-order chi connectivity index (χ0) is 10.4. The van der Waals surface area contributed by atoms with E-state index in [-0.39, 0.29) is 0 Å². The molecule has 1 aromatic carbocycles. The van der Waals surface area contributed by atoms with Gasteiger partial charge < -0.3 is 8.83 Å². The van der Waals surface area contributed by atoms with Gasteiger partial charge in [-0.25, -0.2) is 0 Å². The third-order valence-corrected chi connectivity index (χ3v) is 3.19. The van der Waals surface area contributed by atoms with Gasteiger partial charge in [-0.3, -0.25) is 0 Å². The second-order valence-electron chi connectivity index (χ2n) is 3.36. The van der Waals surface area contributed by atoms with Gasteiger partial charge in [-0.1, -0.05) is 22.3 Å². The number of hydrogen-bond acceptors (Lipinski definition) is 2. The van der Waals surface area contributed by atoms with E-state index in [0.29, 0.717) is 6.32 Å². The molecular formula is C11H6BBrO2. The summed E-state index contributed by atoms with van der Waals surface area (Å²) < 4.78 is 11.9. The van der Waals surface area contributed by atoms with Crippen molar-refractivity contribution in [2.75, 3.05) is 0 Å². The largest absolute Gasteiger partial charge is 0.460 e. The normalized spacial score (nSPS) is 11.5. The SMILES string of the molecule is [B]Cc1coc2c1cc(Br)c1ccoc12. The summed E-state index contributed by atoms with van der Waals surface area (Å²) in [5, 5.41) is 2.02. The number of rotatable bonds is 1. The molecule has 0 aliphatic carbocycles. The van der Waals surface area contributed by atoms with Crippen LogP contribution in [0, 0.1) is 0 Å². The first-order chi connectivity index (χ1) is 7.31. The molecule has 2 aromatic heterocycles. The Kier molecular flexibility index (Phi) is 1.92. The Morgan fingerprint density at radius 3 is 2.80 bits per heavy atom. The van der Waals surface area contributed by atoms with Crippen molar-refractivity contribution in [1.29, 1.82) is 0 Å². The smallest absolute Gasteiger partial charge is 0.178 e. The van der Waals surface area contributed by atoms with Crippen molar-refractivity contribution in [3.8, 4) is 0 Å². The van der Waals surface area contributed by atoms with Crippen LogP contribution in [-0.4, -0.2) is 7.85 Å². The fourth-order valence-electron chi connectivity index (χ4n) is 1.77. The Hall–Kier alpha value is -1.16. The Morgan fingerprint density at radius 2 is 2.00 bits per heavy atom. The first-order valence-electron chi connectivity index (χ1n) is 4.57. The molecule has 2 heterocycles. The lowest BCUT2D eigenvalue weighted by Crippen LogP contribution is -1.80. The van der Waals surface area contributed by atoms with Crippen LogP contribution in [0.2, 0.25) is 0 Å². The third-order valence-electron chi connectivity index (χ3n) is 2.53. The van der Waals surface area contributed by atoms with E-state index in [2.05, 4.69) is 15.9 Å². The molecule has 0 fully saturated rings. The number of hydrogen-bond donors (Lipinski definition) is 0. The first kappa shape index (κ1) is 9.10. The zero-order valence-electron chi connectivity index (χ0n) is 7.79. The van der Waals surface area contributed by atoms with Crippen LogP contribution in [0.1, 0.15) is 5.56 Å². The van der Waals surface area contributed by atoms with Crippen LogP contribution in [-0.2, 0) is 6.32 Å². The summed E-state index contributed by atoms with van der Waals surface area (Å²) in [7, 11) is 5.62. The van der Waals surface area contributed by atoms with Crippen LogP contribution < -0.4 is 0 Å². The summed E-state index contributed by atoms with van der Waals surface area (Å²) in [4.78, 5) is 0. The molecule has 0 spiro atoms. The van der Waals surface area contributed by atoms with E-state index in [0.717, 1.165) is 32.0 Å². The van der Waals surface area contributed by atoms with Gasteiger partial charge in [0.05, 0.1) is 20.4 Å². The monoisotopic (exact) mass is 260 g/mol. The molecule has 0 saturated heterocycles. The predicted octanol–water partition coefficient (Wildman–Crippen LogP) is 3.61. The summed E-state index contributed by atoms with van der Waals surface area (Å²) in [5.41, 5.74) is 2.52. The lowest BCUT2D eigenvalue weighted by atomic mass is 9.96. The van der Waals surface area contributed by atoms with Crippen molar-refractivity contribution in [2.24, 2.45) is 0 Å². The molecule has 4 heteroatoms. The van der Waals surface area contributed by atoms with E-state index in [4.69, 9.17) is 16.7 Å². The molecule has 0 unspecified atom stereocenters. The summed E-state index contributed by atoms with van der Waals surface area (Å²) in [5.74, 6) is 0. The van der Waals surface area contributed by atoms with Gasteiger partial charge in [0.25, 0.3) is 0 Å². The average molecular weight is 261 g/mol. The molecule has 2 nitrogen and oxygen atoms in total. The van der Waals surface area contributed by atoms with E-state index >= 15 is 0 Å². The van der Waals surface area contributed by atoms with Gasteiger partial charge in [0.15, 0.2) is 11.2 Å². The van der Waals surface area contributed by atoms with E-state index in [1.807, 2.05) is 12.1 Å². The highest BCUT2D eigenvalue weighted by molar-refractivity contribution is 9.10. The lowest BCUT2D eigenvalue weighted by Gasteiger charge is -1.96. The molecule has 0 atom stereocenters. The van der Waals surface area contributed by atoms with Gasteiger partial charge in [-0.05, 0) is 17.7 Å². The number of fused-ring (bicyclic) bond motifs is 3. The summed E-state index contributed by atoms with van der Waals surface area (Å²) in [6, 6.07) is 3.92. The molecule has 72 valence electrons. The van der Waals surface area contributed by atoms with Crippen molar-refractivity contribution < 1.29 is 8.83 Å². The van der Waals surface area contributed by atoms with E-state index in [1.54, 1.807) is 12.5 Å². The van der Waals surface area contributed by atoms with Crippen LogP contribution >= 0.6 is 15.9 Å². The molecule has 0 saturated carbocycles. The van der Waals surface area contributed by atoms with Crippen LogP contribution in [0.5, 0.6) is 0 Å². The molecule has 0 aliphatic rings. The fourth-order valence-corrected chi connectivity index (χ4v) is 2.31. The topological polar surface area (TPSA) is 26.3 Å². The Labute approximate surface area is 95.8 Å². The second kappa shape index (κ2) is 3.17. The first-order valence-corrected chi connectivity index (χ1v) is 5.36. The number of furan rings is 2. The van der Waals surface area contributed by atoms with Gasteiger partial charge in [0.1, 0.15) is 0 Å². The van der Waals surface area contributed by atoms with Crippen LogP contribution in [0.4, 0.5) is 0 Å². The van der Waals surface area contributed by atoms with E-state index in [1.165, 1.54) is 0 Å². The minimum absolute atomic E-state index is 0.464. The van der Waals surface area contributed by atoms with Gasteiger partial charge in [-0.2, -0.15) is 0 Å². The fraction of sp³-hybridized carbons (Fsp3) is 0.0909. The highest BCUT2D eigenvalue weighted by Crippen LogP contribution is 2.35. The van der Waals surface area contributed by atoms with Crippen molar-refractivity contribution >= 4 is 45.7 Å². The van der Waals surface area contributed by atoms with Crippen molar-refractivity contribution in [3.63, 3.8) is 0 Å². The highest BCUT2D eigenvalue weighted by Gasteiger charge is 2.13. The Balaban J connectivity index is 2.56. The van der Waals surface area contributed by atoms with Gasteiger partial charge in [0, 0.05) is 15.2 Å². The van der Waals surface area contributed by atoms with Crippen molar-refractivity contribution in [3.05, 3.63) is 34.7 Å². The summed E-state index contributed by atoms with van der Waals surface area (Å²) in [6.07, 6.45) is 3.80. The van der Waals surface area contributed by atoms with Gasteiger partial charge >= 0.3 is 0 Å². The quantitative estimate of drug-likeness (QED) is 0.625. The van der Waals surface area contributed by atoms with Crippen molar-refractivity contribution in [2.45, 2.75) is 6.32 Å². The molecule has 0 N–H and O–H groups in total. The van der Waals surface area contributed by atoms with Crippen LogP contribution in [0.15, 0.2) is 38.0 Å². The van der Waals surface area contributed by atoms with Gasteiger partial charge in [-0.15, -0.1) is 0 Å². The Morgan fingerprint density at radius 1 is 1.20 bits per heavy atom. The zero-order valence-corrected chi connectivity index (χ0v) is 9.37. The molecule has 0 amide bonds. The molecular weight excluding hydrogens is 255 g/mol. The predicted molar refractivity (Wildman–Crippen MR) is 63.1 cm³/mol. The maximum absolute atomic E-state index is 5.62. The van der Waals surface area contributed by atoms with Gasteiger partial charge in [0.2, 0.25) is 0 Å². The van der Waals surface area contributed by atoms with E-state index < -0.39 is 0 Å². The standard InChI is InChI=1S/C11H6BBrO2/c12-4-6-5-15-11-8(6)3-9(13)7-1-2-14-10(7)11/h1-3,5H,4H2. The molecule has 2 radical (unpaired) electrons. The van der Waals surface area contributed by atoms with Crippen LogP contribution in [0.3, 0.4) is 0 Å². The third kappa shape index (κ3) is 1.18. The maximum Gasteiger partial charge on any atom is 0.178 e. The molecule has 0 bridgehead atoms. The van der Waals surface area contributed by atoms with Crippen molar-refractivity contribution in [1.82, 2.24) is 0 Å². The number of benzene rings is 1. The summed E-state index contributed by atoms with van der Waals surface area (Å²) in [6.45, 7) is 0. The second-order valence-corrected chi connectivity index (χ2v) is 4.22. The molecule has 3 aromatic rings. The highest BCUT2D eigenvalue weighted by atomic mass is 79.9.